The van der Waals surface area contributed by atoms with Crippen molar-refractivity contribution in [3.05, 3.63) is 23.3 Å². The third-order valence-electron chi connectivity index (χ3n) is 3.71. The highest BCUT2D eigenvalue weighted by Gasteiger charge is 2.25. The number of rotatable bonds is 2. The Bertz CT molecular complexity index is 610. The second-order valence-electron chi connectivity index (χ2n) is 5.06. The number of nitrogens with one attached hydrogen (secondary N) is 1. The summed E-state index contributed by atoms with van der Waals surface area (Å²) in [4.78, 5) is 14.0. The minimum Gasteiger partial charge on any atom is -0.495 e. The quantitative estimate of drug-likeness (QED) is 0.804. The average molecular weight is 286 g/mol. The Morgan fingerprint density at radius 3 is 2.95 bits per heavy atom. The van der Waals surface area contributed by atoms with Crippen molar-refractivity contribution in [2.75, 3.05) is 46.4 Å². The van der Waals surface area contributed by atoms with Gasteiger partial charge >= 0.3 is 0 Å². The molecule has 110 valence electrons. The molecular weight excluding hydrogens is 268 g/mol. The highest BCUT2D eigenvalue weighted by atomic mass is 16.5. The number of carbonyl (C=O) groups is 1. The summed E-state index contributed by atoms with van der Waals surface area (Å²) in [6.45, 7) is 4.82. The molecule has 0 amide bonds. The summed E-state index contributed by atoms with van der Waals surface area (Å²) < 4.78 is 10.8. The standard InChI is InChI=1S/C16H18N2O3/c1-20-15-5-4-12-14(19)11-21-16(12)13(15)3-2-8-18-9-6-17-7-10-18/h4-5,17H,6-11H2,1H3. The van der Waals surface area contributed by atoms with Gasteiger partial charge in [-0.3, -0.25) is 9.69 Å². The van der Waals surface area contributed by atoms with Crippen molar-refractivity contribution in [2.45, 2.75) is 0 Å². The number of piperazine rings is 1. The normalized spacial score (nSPS) is 17.7. The van der Waals surface area contributed by atoms with Crippen molar-refractivity contribution < 1.29 is 14.3 Å². The number of fused-ring (bicyclic) bond motifs is 1. The van der Waals surface area contributed by atoms with Crippen LogP contribution in [-0.2, 0) is 0 Å². The van der Waals surface area contributed by atoms with Crippen molar-refractivity contribution in [1.82, 2.24) is 10.2 Å². The Kier molecular flexibility index (Phi) is 4.09. The third-order valence-corrected chi connectivity index (χ3v) is 3.71. The van der Waals surface area contributed by atoms with Gasteiger partial charge in [0.15, 0.2) is 6.61 Å². The first-order valence-corrected chi connectivity index (χ1v) is 7.08. The summed E-state index contributed by atoms with van der Waals surface area (Å²) >= 11 is 0. The van der Waals surface area contributed by atoms with Crippen LogP contribution in [0.25, 0.3) is 0 Å². The molecule has 1 aromatic carbocycles. The predicted octanol–water partition coefficient (Wildman–Crippen LogP) is 0.527. The van der Waals surface area contributed by atoms with Gasteiger partial charge in [-0.05, 0) is 12.1 Å². The molecule has 0 aliphatic carbocycles. The Morgan fingerprint density at radius 1 is 1.38 bits per heavy atom. The van der Waals surface area contributed by atoms with Crippen molar-refractivity contribution >= 4 is 5.78 Å². The predicted molar refractivity (Wildman–Crippen MR) is 79.0 cm³/mol. The average Bonchev–Trinajstić information content (AvgIpc) is 2.90. The maximum absolute atomic E-state index is 11.7. The van der Waals surface area contributed by atoms with Crippen LogP contribution < -0.4 is 14.8 Å². The van der Waals surface area contributed by atoms with E-state index < -0.39 is 0 Å². The molecule has 0 atom stereocenters. The second-order valence-corrected chi connectivity index (χ2v) is 5.06. The summed E-state index contributed by atoms with van der Waals surface area (Å²) in [5.74, 6) is 7.50. The largest absolute Gasteiger partial charge is 0.495 e. The molecule has 2 aliphatic rings. The summed E-state index contributed by atoms with van der Waals surface area (Å²) in [5, 5.41) is 3.31. The van der Waals surface area contributed by atoms with Crippen LogP contribution in [0.2, 0.25) is 0 Å². The van der Waals surface area contributed by atoms with E-state index in [1.807, 2.05) is 0 Å². The van der Waals surface area contributed by atoms with E-state index >= 15 is 0 Å². The minimum atomic E-state index is -0.00203. The van der Waals surface area contributed by atoms with E-state index in [1.54, 1.807) is 19.2 Å². The summed E-state index contributed by atoms with van der Waals surface area (Å²) in [7, 11) is 1.60. The lowest BCUT2D eigenvalue weighted by atomic mass is 10.1. The lowest BCUT2D eigenvalue weighted by molar-refractivity contribution is 0.0961. The number of methoxy groups -OCH3 is 1. The highest BCUT2D eigenvalue weighted by molar-refractivity contribution is 6.03. The van der Waals surface area contributed by atoms with Crippen molar-refractivity contribution in [3.63, 3.8) is 0 Å². The molecule has 1 saturated heterocycles. The first-order chi connectivity index (χ1) is 10.3. The van der Waals surface area contributed by atoms with Gasteiger partial charge in [0.25, 0.3) is 0 Å². The molecule has 0 spiro atoms. The maximum Gasteiger partial charge on any atom is 0.203 e. The molecule has 5 nitrogen and oxygen atoms in total. The zero-order valence-corrected chi connectivity index (χ0v) is 12.1. The van der Waals surface area contributed by atoms with Gasteiger partial charge in [0, 0.05) is 26.2 Å². The smallest absolute Gasteiger partial charge is 0.203 e. The molecule has 0 bridgehead atoms. The number of hydrogen-bond donors (Lipinski definition) is 1. The molecule has 0 saturated carbocycles. The topological polar surface area (TPSA) is 50.8 Å². The molecule has 1 N–H and O–H groups in total. The van der Waals surface area contributed by atoms with Crippen molar-refractivity contribution in [3.8, 4) is 23.3 Å². The zero-order chi connectivity index (χ0) is 14.7. The van der Waals surface area contributed by atoms with Crippen LogP contribution in [0.15, 0.2) is 12.1 Å². The number of Topliss-reactive ketones (excluding diaryl/α,β-unsaturated/α-hetero) is 1. The lowest BCUT2D eigenvalue weighted by Gasteiger charge is -2.24. The molecule has 2 heterocycles. The SMILES string of the molecule is COc1ccc2c(c1C#CCN1CCNCC1)OCC2=O. The Hall–Kier alpha value is -2.03. The van der Waals surface area contributed by atoms with Crippen LogP contribution in [0.4, 0.5) is 0 Å². The monoisotopic (exact) mass is 286 g/mol. The molecule has 1 aromatic rings. The zero-order valence-electron chi connectivity index (χ0n) is 12.1. The van der Waals surface area contributed by atoms with Gasteiger partial charge in [0.1, 0.15) is 17.1 Å². The summed E-state index contributed by atoms with van der Waals surface area (Å²) in [5.41, 5.74) is 1.28. The first-order valence-electron chi connectivity index (χ1n) is 7.08. The second kappa shape index (κ2) is 6.17. The molecule has 2 aliphatic heterocycles. The Labute approximate surface area is 124 Å². The first kappa shape index (κ1) is 13.9. The van der Waals surface area contributed by atoms with Gasteiger partial charge in [0.2, 0.25) is 5.78 Å². The fourth-order valence-electron chi connectivity index (χ4n) is 2.55. The van der Waals surface area contributed by atoms with Gasteiger partial charge in [-0.15, -0.1) is 0 Å². The Morgan fingerprint density at radius 2 is 2.19 bits per heavy atom. The third kappa shape index (κ3) is 2.87. The van der Waals surface area contributed by atoms with E-state index in [9.17, 15) is 4.79 Å². The fraction of sp³-hybridized carbons (Fsp3) is 0.438. The van der Waals surface area contributed by atoms with Crippen LogP contribution in [0.5, 0.6) is 11.5 Å². The fourth-order valence-corrected chi connectivity index (χ4v) is 2.55. The lowest BCUT2D eigenvalue weighted by Crippen LogP contribution is -2.43. The van der Waals surface area contributed by atoms with Gasteiger partial charge in [0.05, 0.1) is 19.2 Å². The van der Waals surface area contributed by atoms with E-state index in [1.165, 1.54) is 0 Å². The van der Waals surface area contributed by atoms with Gasteiger partial charge in [-0.2, -0.15) is 0 Å². The number of hydrogen-bond acceptors (Lipinski definition) is 5. The molecule has 0 radical (unpaired) electrons. The number of benzene rings is 1. The van der Waals surface area contributed by atoms with Crippen molar-refractivity contribution in [2.24, 2.45) is 0 Å². The number of ketones is 1. The van der Waals surface area contributed by atoms with E-state index in [2.05, 4.69) is 22.1 Å². The van der Waals surface area contributed by atoms with Crippen LogP contribution in [0.3, 0.4) is 0 Å². The number of ether oxygens (including phenoxy) is 2. The van der Waals surface area contributed by atoms with Crippen LogP contribution in [0.1, 0.15) is 15.9 Å². The Balaban J connectivity index is 1.83. The maximum atomic E-state index is 11.7. The molecule has 5 heteroatoms. The summed E-state index contributed by atoms with van der Waals surface area (Å²) in [6, 6.07) is 3.52. The number of nitrogens with zero attached hydrogens (tertiary/aromatic N) is 1. The molecule has 0 unspecified atom stereocenters. The molecule has 0 aromatic heterocycles. The van der Waals surface area contributed by atoms with Gasteiger partial charge in [-0.25, -0.2) is 0 Å². The van der Waals surface area contributed by atoms with Crippen LogP contribution in [-0.4, -0.2) is 57.1 Å². The molecule has 21 heavy (non-hydrogen) atoms. The number of carbonyl (C=O) groups excluding carboxylic acids is 1. The van der Waals surface area contributed by atoms with E-state index in [4.69, 9.17) is 9.47 Å². The molecular formula is C16H18N2O3. The summed E-state index contributed by atoms with van der Waals surface area (Å²) in [6.07, 6.45) is 0. The van der Waals surface area contributed by atoms with Crippen LogP contribution >= 0.6 is 0 Å². The molecule has 1 fully saturated rings. The molecule has 3 rings (SSSR count). The minimum absolute atomic E-state index is 0.00203. The van der Waals surface area contributed by atoms with Gasteiger partial charge < -0.3 is 14.8 Å². The van der Waals surface area contributed by atoms with Crippen molar-refractivity contribution in [1.29, 1.82) is 0 Å². The van der Waals surface area contributed by atoms with E-state index in [0.29, 0.717) is 29.2 Å². The van der Waals surface area contributed by atoms with Crippen LogP contribution in [0, 0.1) is 11.8 Å². The van der Waals surface area contributed by atoms with E-state index in [-0.39, 0.29) is 12.4 Å². The van der Waals surface area contributed by atoms with E-state index in [0.717, 1.165) is 26.2 Å². The van der Waals surface area contributed by atoms with Gasteiger partial charge in [-0.1, -0.05) is 11.8 Å². The highest BCUT2D eigenvalue weighted by Crippen LogP contribution is 2.35.